The van der Waals surface area contributed by atoms with Gasteiger partial charge in [0.05, 0.1) is 16.7 Å². The minimum absolute atomic E-state index is 0.639. The van der Waals surface area contributed by atoms with Gasteiger partial charge in [0.15, 0.2) is 0 Å². The number of fused-ring (bicyclic) bond motifs is 1. The molecule has 100 valence electrons. The zero-order valence-corrected chi connectivity index (χ0v) is 11.3. The van der Waals surface area contributed by atoms with Crippen molar-refractivity contribution < 1.29 is 0 Å². The van der Waals surface area contributed by atoms with Crippen LogP contribution < -0.4 is 11.1 Å². The van der Waals surface area contributed by atoms with Crippen molar-refractivity contribution in [3.05, 3.63) is 59.8 Å². The number of nitrogen functional groups attached to an aromatic ring is 1. The summed E-state index contributed by atoms with van der Waals surface area (Å²) >= 11 is 0. The van der Waals surface area contributed by atoms with E-state index in [2.05, 4.69) is 15.3 Å². The van der Waals surface area contributed by atoms with Gasteiger partial charge in [-0.1, -0.05) is 30.3 Å². The molecule has 0 aliphatic carbocycles. The van der Waals surface area contributed by atoms with Crippen molar-refractivity contribution >= 4 is 22.5 Å². The summed E-state index contributed by atoms with van der Waals surface area (Å²) in [6.45, 7) is 2.59. The summed E-state index contributed by atoms with van der Waals surface area (Å²) in [5.74, 6) is 0.798. The second-order valence-electron chi connectivity index (χ2n) is 4.70. The SMILES string of the molecule is Cc1nc2ccccc2nc1NCc1ccccc1N. The number of anilines is 2. The number of rotatable bonds is 3. The predicted molar refractivity (Wildman–Crippen MR) is 82.5 cm³/mol. The third kappa shape index (κ3) is 2.40. The molecular formula is C16H16N4. The summed E-state index contributed by atoms with van der Waals surface area (Å²) in [5, 5.41) is 3.31. The van der Waals surface area contributed by atoms with E-state index in [0.717, 1.165) is 33.8 Å². The maximum atomic E-state index is 5.94. The number of hydrogen-bond acceptors (Lipinski definition) is 4. The van der Waals surface area contributed by atoms with E-state index in [1.807, 2.05) is 55.5 Å². The molecule has 3 aromatic rings. The van der Waals surface area contributed by atoms with Gasteiger partial charge < -0.3 is 11.1 Å². The van der Waals surface area contributed by atoms with Crippen molar-refractivity contribution in [3.8, 4) is 0 Å². The van der Waals surface area contributed by atoms with Gasteiger partial charge in [-0.15, -0.1) is 0 Å². The van der Waals surface area contributed by atoms with E-state index >= 15 is 0 Å². The van der Waals surface area contributed by atoms with Crippen molar-refractivity contribution in [2.45, 2.75) is 13.5 Å². The number of aryl methyl sites for hydroxylation is 1. The zero-order valence-electron chi connectivity index (χ0n) is 11.3. The lowest BCUT2D eigenvalue weighted by Gasteiger charge is -2.10. The van der Waals surface area contributed by atoms with Gasteiger partial charge in [-0.2, -0.15) is 0 Å². The Labute approximate surface area is 117 Å². The summed E-state index contributed by atoms with van der Waals surface area (Å²) in [7, 11) is 0. The van der Waals surface area contributed by atoms with E-state index in [1.54, 1.807) is 0 Å². The third-order valence-electron chi connectivity index (χ3n) is 3.25. The first kappa shape index (κ1) is 12.4. The summed E-state index contributed by atoms with van der Waals surface area (Å²) in [4.78, 5) is 9.16. The van der Waals surface area contributed by atoms with E-state index in [4.69, 9.17) is 5.73 Å². The normalized spacial score (nSPS) is 10.7. The number of benzene rings is 2. The number of nitrogens with one attached hydrogen (secondary N) is 1. The highest BCUT2D eigenvalue weighted by Gasteiger charge is 2.05. The lowest BCUT2D eigenvalue weighted by atomic mass is 10.2. The van der Waals surface area contributed by atoms with Gasteiger partial charge in [-0.25, -0.2) is 9.97 Å². The van der Waals surface area contributed by atoms with Gasteiger partial charge in [0.25, 0.3) is 0 Å². The Bertz CT molecular complexity index is 752. The van der Waals surface area contributed by atoms with Crippen LogP contribution in [0.5, 0.6) is 0 Å². The van der Waals surface area contributed by atoms with Crippen LogP contribution in [0.25, 0.3) is 11.0 Å². The Balaban J connectivity index is 1.87. The maximum Gasteiger partial charge on any atom is 0.148 e. The molecule has 0 aliphatic rings. The van der Waals surface area contributed by atoms with Gasteiger partial charge >= 0.3 is 0 Å². The van der Waals surface area contributed by atoms with Crippen LogP contribution in [0, 0.1) is 6.92 Å². The fourth-order valence-corrected chi connectivity index (χ4v) is 2.13. The van der Waals surface area contributed by atoms with Gasteiger partial charge in [0.2, 0.25) is 0 Å². The average molecular weight is 264 g/mol. The molecule has 1 aromatic heterocycles. The zero-order chi connectivity index (χ0) is 13.9. The van der Waals surface area contributed by atoms with Crippen molar-refractivity contribution in [2.75, 3.05) is 11.1 Å². The summed E-state index contributed by atoms with van der Waals surface area (Å²) < 4.78 is 0. The van der Waals surface area contributed by atoms with Crippen LogP contribution in [-0.4, -0.2) is 9.97 Å². The second kappa shape index (κ2) is 5.17. The Morgan fingerprint density at radius 3 is 2.35 bits per heavy atom. The Morgan fingerprint density at radius 2 is 1.60 bits per heavy atom. The van der Waals surface area contributed by atoms with Crippen LogP contribution in [0.15, 0.2) is 48.5 Å². The highest BCUT2D eigenvalue weighted by atomic mass is 15.0. The Morgan fingerprint density at radius 1 is 0.950 bits per heavy atom. The smallest absolute Gasteiger partial charge is 0.148 e. The van der Waals surface area contributed by atoms with Crippen molar-refractivity contribution in [1.29, 1.82) is 0 Å². The number of para-hydroxylation sites is 3. The van der Waals surface area contributed by atoms with E-state index in [-0.39, 0.29) is 0 Å². The maximum absolute atomic E-state index is 5.94. The van der Waals surface area contributed by atoms with Gasteiger partial charge in [0.1, 0.15) is 5.82 Å². The van der Waals surface area contributed by atoms with E-state index < -0.39 is 0 Å². The number of aromatic nitrogens is 2. The summed E-state index contributed by atoms with van der Waals surface area (Å²) in [5.41, 5.74) is 10.5. The standard InChI is InChI=1S/C16H16N4/c1-11-16(18-10-12-6-2-3-7-13(12)17)20-15-9-5-4-8-14(15)19-11/h2-9H,10,17H2,1H3,(H,18,20). The molecule has 0 atom stereocenters. The molecule has 3 rings (SSSR count). The molecular weight excluding hydrogens is 248 g/mol. The molecule has 3 N–H and O–H groups in total. The molecule has 0 bridgehead atoms. The van der Waals surface area contributed by atoms with Crippen LogP contribution in [0.1, 0.15) is 11.3 Å². The largest absolute Gasteiger partial charge is 0.398 e. The molecule has 0 amide bonds. The third-order valence-corrected chi connectivity index (χ3v) is 3.25. The quantitative estimate of drug-likeness (QED) is 0.713. The minimum atomic E-state index is 0.639. The molecule has 0 spiro atoms. The minimum Gasteiger partial charge on any atom is -0.398 e. The summed E-state index contributed by atoms with van der Waals surface area (Å²) in [6.07, 6.45) is 0. The molecule has 4 heteroatoms. The fraction of sp³-hybridized carbons (Fsp3) is 0.125. The molecule has 4 nitrogen and oxygen atoms in total. The molecule has 1 heterocycles. The van der Waals surface area contributed by atoms with Crippen molar-refractivity contribution in [1.82, 2.24) is 9.97 Å². The molecule has 0 saturated heterocycles. The molecule has 2 aromatic carbocycles. The van der Waals surface area contributed by atoms with Crippen LogP contribution in [0.3, 0.4) is 0 Å². The van der Waals surface area contributed by atoms with Crippen LogP contribution >= 0.6 is 0 Å². The molecule has 0 fully saturated rings. The van der Waals surface area contributed by atoms with E-state index in [0.29, 0.717) is 6.54 Å². The van der Waals surface area contributed by atoms with Crippen LogP contribution in [-0.2, 0) is 6.54 Å². The van der Waals surface area contributed by atoms with Gasteiger partial charge in [-0.3, -0.25) is 0 Å². The van der Waals surface area contributed by atoms with Crippen LogP contribution in [0.4, 0.5) is 11.5 Å². The Hall–Kier alpha value is -2.62. The first-order valence-electron chi connectivity index (χ1n) is 6.54. The monoisotopic (exact) mass is 264 g/mol. The highest BCUT2D eigenvalue weighted by Crippen LogP contribution is 2.18. The van der Waals surface area contributed by atoms with Crippen molar-refractivity contribution in [2.24, 2.45) is 0 Å². The van der Waals surface area contributed by atoms with Gasteiger partial charge in [0, 0.05) is 12.2 Å². The second-order valence-corrected chi connectivity index (χ2v) is 4.70. The van der Waals surface area contributed by atoms with E-state index in [9.17, 15) is 0 Å². The molecule has 20 heavy (non-hydrogen) atoms. The lowest BCUT2D eigenvalue weighted by molar-refractivity contribution is 1.08. The van der Waals surface area contributed by atoms with Crippen molar-refractivity contribution in [3.63, 3.8) is 0 Å². The summed E-state index contributed by atoms with van der Waals surface area (Å²) in [6, 6.07) is 15.7. The molecule has 0 unspecified atom stereocenters. The number of hydrogen-bond donors (Lipinski definition) is 2. The average Bonchev–Trinajstić information content (AvgIpc) is 2.46. The lowest BCUT2D eigenvalue weighted by Crippen LogP contribution is -2.06. The van der Waals surface area contributed by atoms with Crippen LogP contribution in [0.2, 0.25) is 0 Å². The number of nitrogens with two attached hydrogens (primary N) is 1. The fourth-order valence-electron chi connectivity index (χ4n) is 2.13. The first-order valence-corrected chi connectivity index (χ1v) is 6.54. The van der Waals surface area contributed by atoms with Gasteiger partial charge in [-0.05, 0) is 30.7 Å². The first-order chi connectivity index (χ1) is 9.74. The topological polar surface area (TPSA) is 63.8 Å². The number of nitrogens with zero attached hydrogens (tertiary/aromatic N) is 2. The molecule has 0 saturated carbocycles. The predicted octanol–water partition coefficient (Wildman–Crippen LogP) is 3.13. The molecule has 0 radical (unpaired) electrons. The Kier molecular flexibility index (Phi) is 3.21. The van der Waals surface area contributed by atoms with E-state index in [1.165, 1.54) is 0 Å². The molecule has 0 aliphatic heterocycles. The highest BCUT2D eigenvalue weighted by molar-refractivity contribution is 5.76.